The summed E-state index contributed by atoms with van der Waals surface area (Å²) in [7, 11) is 3.42. The van der Waals surface area contributed by atoms with Crippen LogP contribution in [0.1, 0.15) is 27.6 Å². The van der Waals surface area contributed by atoms with Crippen LogP contribution in [-0.2, 0) is 4.74 Å². The molecule has 21 heavy (non-hydrogen) atoms. The molecule has 1 N–H and O–H groups in total. The van der Waals surface area contributed by atoms with Crippen molar-refractivity contribution in [3.8, 4) is 0 Å². The van der Waals surface area contributed by atoms with Gasteiger partial charge in [-0.05, 0) is 19.5 Å². The van der Waals surface area contributed by atoms with Gasteiger partial charge in [0.25, 0.3) is 0 Å². The number of carbonyl (C=O) groups is 1. The van der Waals surface area contributed by atoms with Crippen LogP contribution in [0.4, 0.5) is 0 Å². The molecular formula is C18H21NO2. The zero-order valence-electron chi connectivity index (χ0n) is 12.7. The van der Waals surface area contributed by atoms with E-state index in [9.17, 15) is 4.79 Å². The zero-order valence-corrected chi connectivity index (χ0v) is 12.7. The third-order valence-corrected chi connectivity index (χ3v) is 3.61. The predicted molar refractivity (Wildman–Crippen MR) is 84.5 cm³/mol. The van der Waals surface area contributed by atoms with E-state index in [1.807, 2.05) is 61.5 Å². The maximum absolute atomic E-state index is 12.7. The van der Waals surface area contributed by atoms with Crippen molar-refractivity contribution in [1.29, 1.82) is 0 Å². The van der Waals surface area contributed by atoms with Gasteiger partial charge in [0.05, 0.1) is 0 Å². The molecule has 0 fully saturated rings. The van der Waals surface area contributed by atoms with Gasteiger partial charge in [-0.25, -0.2) is 0 Å². The first-order valence-corrected chi connectivity index (χ1v) is 7.03. The number of benzene rings is 2. The van der Waals surface area contributed by atoms with Gasteiger partial charge in [0.15, 0.2) is 5.78 Å². The quantitative estimate of drug-likeness (QED) is 0.828. The molecule has 0 aliphatic rings. The molecule has 0 aliphatic carbocycles. The Hall–Kier alpha value is -1.97. The average Bonchev–Trinajstić information content (AvgIpc) is 2.54. The van der Waals surface area contributed by atoms with Gasteiger partial charge in [0.1, 0.15) is 12.1 Å². The van der Waals surface area contributed by atoms with Crippen LogP contribution in [0.5, 0.6) is 0 Å². The normalized spacial score (nSPS) is 13.7. The SMILES string of the molecule is CN[C@H](C(=O)c1ccccc1)[C@H](OC)c1ccc(C)cc1. The number of nitrogens with one attached hydrogen (secondary N) is 1. The average molecular weight is 283 g/mol. The van der Waals surface area contributed by atoms with Crippen LogP contribution < -0.4 is 5.32 Å². The predicted octanol–water partition coefficient (Wildman–Crippen LogP) is 3.15. The number of aryl methyl sites for hydroxylation is 1. The number of Topliss-reactive ketones (excluding diaryl/α,β-unsaturated/α-hetero) is 1. The molecule has 0 saturated heterocycles. The van der Waals surface area contributed by atoms with E-state index in [4.69, 9.17) is 4.74 Å². The van der Waals surface area contributed by atoms with Crippen molar-refractivity contribution in [2.45, 2.75) is 19.1 Å². The molecule has 2 atom stereocenters. The minimum atomic E-state index is -0.417. The lowest BCUT2D eigenvalue weighted by Gasteiger charge is -2.25. The number of hydrogen-bond acceptors (Lipinski definition) is 3. The van der Waals surface area contributed by atoms with Crippen molar-refractivity contribution in [2.24, 2.45) is 0 Å². The highest BCUT2D eigenvalue weighted by atomic mass is 16.5. The Bertz CT molecular complexity index is 578. The Morgan fingerprint density at radius 3 is 2.19 bits per heavy atom. The van der Waals surface area contributed by atoms with E-state index in [-0.39, 0.29) is 11.9 Å². The molecule has 3 nitrogen and oxygen atoms in total. The van der Waals surface area contributed by atoms with Crippen LogP contribution in [0.3, 0.4) is 0 Å². The van der Waals surface area contributed by atoms with E-state index in [2.05, 4.69) is 5.32 Å². The van der Waals surface area contributed by atoms with Crippen molar-refractivity contribution in [3.05, 3.63) is 71.3 Å². The smallest absolute Gasteiger partial charge is 0.182 e. The summed E-state index contributed by atoms with van der Waals surface area (Å²) in [5.41, 5.74) is 2.86. The Kier molecular flexibility index (Phi) is 5.26. The van der Waals surface area contributed by atoms with Crippen molar-refractivity contribution in [1.82, 2.24) is 5.32 Å². The van der Waals surface area contributed by atoms with Gasteiger partial charge < -0.3 is 10.1 Å². The van der Waals surface area contributed by atoms with Crippen molar-refractivity contribution < 1.29 is 9.53 Å². The Labute approximate surface area is 126 Å². The second-order valence-corrected chi connectivity index (χ2v) is 5.06. The van der Waals surface area contributed by atoms with E-state index < -0.39 is 6.04 Å². The summed E-state index contributed by atoms with van der Waals surface area (Å²) in [6.07, 6.45) is -0.316. The van der Waals surface area contributed by atoms with Gasteiger partial charge >= 0.3 is 0 Å². The summed E-state index contributed by atoms with van der Waals surface area (Å²) in [5.74, 6) is 0.0329. The largest absolute Gasteiger partial charge is 0.375 e. The summed E-state index contributed by atoms with van der Waals surface area (Å²) in [4.78, 5) is 12.7. The van der Waals surface area contributed by atoms with Gasteiger partial charge in [-0.2, -0.15) is 0 Å². The van der Waals surface area contributed by atoms with Crippen LogP contribution in [0.2, 0.25) is 0 Å². The molecule has 0 radical (unpaired) electrons. The Morgan fingerprint density at radius 2 is 1.67 bits per heavy atom. The van der Waals surface area contributed by atoms with Gasteiger partial charge in [-0.3, -0.25) is 4.79 Å². The van der Waals surface area contributed by atoms with Gasteiger partial charge in [0, 0.05) is 12.7 Å². The van der Waals surface area contributed by atoms with Gasteiger partial charge in [-0.1, -0.05) is 60.2 Å². The fourth-order valence-electron chi connectivity index (χ4n) is 2.42. The molecule has 0 heterocycles. The maximum Gasteiger partial charge on any atom is 0.182 e. The van der Waals surface area contributed by atoms with Crippen molar-refractivity contribution in [2.75, 3.05) is 14.2 Å². The van der Waals surface area contributed by atoms with E-state index in [0.29, 0.717) is 5.56 Å². The molecule has 0 spiro atoms. The molecule has 2 rings (SSSR count). The summed E-state index contributed by atoms with van der Waals surface area (Å²) >= 11 is 0. The molecule has 0 aliphatic heterocycles. The molecule has 0 amide bonds. The number of ether oxygens (including phenoxy) is 1. The van der Waals surface area contributed by atoms with E-state index in [0.717, 1.165) is 5.56 Å². The number of methoxy groups -OCH3 is 1. The molecule has 0 unspecified atom stereocenters. The van der Waals surface area contributed by atoms with Crippen LogP contribution in [0.15, 0.2) is 54.6 Å². The number of hydrogen-bond donors (Lipinski definition) is 1. The summed E-state index contributed by atoms with van der Waals surface area (Å²) in [6, 6.07) is 16.9. The van der Waals surface area contributed by atoms with Crippen molar-refractivity contribution in [3.63, 3.8) is 0 Å². The highest BCUT2D eigenvalue weighted by molar-refractivity contribution is 6.00. The topological polar surface area (TPSA) is 38.3 Å². The molecule has 2 aromatic carbocycles. The molecule has 110 valence electrons. The Balaban J connectivity index is 2.29. The minimum absolute atomic E-state index is 0.0329. The number of carbonyl (C=O) groups excluding carboxylic acids is 1. The van der Waals surface area contributed by atoms with E-state index in [1.54, 1.807) is 14.2 Å². The van der Waals surface area contributed by atoms with Gasteiger partial charge in [-0.15, -0.1) is 0 Å². The number of likely N-dealkylation sites (N-methyl/N-ethyl adjacent to an activating group) is 1. The minimum Gasteiger partial charge on any atom is -0.375 e. The van der Waals surface area contributed by atoms with Crippen LogP contribution in [0.25, 0.3) is 0 Å². The number of ketones is 1. The first kappa shape index (κ1) is 15.4. The fraction of sp³-hybridized carbons (Fsp3) is 0.278. The van der Waals surface area contributed by atoms with Crippen LogP contribution in [0, 0.1) is 6.92 Å². The van der Waals surface area contributed by atoms with E-state index >= 15 is 0 Å². The molecule has 3 heteroatoms. The lowest BCUT2D eigenvalue weighted by atomic mass is 9.94. The zero-order chi connectivity index (χ0) is 15.2. The fourth-order valence-corrected chi connectivity index (χ4v) is 2.42. The molecule has 0 aromatic heterocycles. The third-order valence-electron chi connectivity index (χ3n) is 3.61. The molecule has 0 bridgehead atoms. The highest BCUT2D eigenvalue weighted by Gasteiger charge is 2.28. The third kappa shape index (κ3) is 3.57. The van der Waals surface area contributed by atoms with Crippen LogP contribution in [-0.4, -0.2) is 26.0 Å². The van der Waals surface area contributed by atoms with E-state index in [1.165, 1.54) is 5.56 Å². The second kappa shape index (κ2) is 7.16. The summed E-state index contributed by atoms with van der Waals surface area (Å²) in [6.45, 7) is 2.04. The lowest BCUT2D eigenvalue weighted by molar-refractivity contribution is 0.0565. The summed E-state index contributed by atoms with van der Waals surface area (Å²) < 4.78 is 5.59. The monoisotopic (exact) mass is 283 g/mol. The first-order chi connectivity index (χ1) is 10.2. The Morgan fingerprint density at radius 1 is 1.05 bits per heavy atom. The maximum atomic E-state index is 12.7. The lowest BCUT2D eigenvalue weighted by Crippen LogP contribution is -2.40. The molecule has 0 saturated carbocycles. The molecule has 2 aromatic rings. The highest BCUT2D eigenvalue weighted by Crippen LogP contribution is 2.23. The van der Waals surface area contributed by atoms with Crippen molar-refractivity contribution >= 4 is 5.78 Å². The number of rotatable bonds is 6. The van der Waals surface area contributed by atoms with Gasteiger partial charge in [0.2, 0.25) is 0 Å². The summed E-state index contributed by atoms with van der Waals surface area (Å²) in [5, 5.41) is 3.09. The van der Waals surface area contributed by atoms with Crippen LogP contribution >= 0.6 is 0 Å². The first-order valence-electron chi connectivity index (χ1n) is 7.03. The molecular weight excluding hydrogens is 262 g/mol. The second-order valence-electron chi connectivity index (χ2n) is 5.06. The standard InChI is InChI=1S/C18H21NO2/c1-13-9-11-15(12-10-13)18(21-3)16(19-2)17(20)14-7-5-4-6-8-14/h4-12,16,18-19H,1-3H3/t16-,18-/m1/s1.